The monoisotopic (exact) mass is 2030 g/mol. The van der Waals surface area contributed by atoms with Gasteiger partial charge in [-0.25, -0.2) is 0 Å². The van der Waals surface area contributed by atoms with Gasteiger partial charge in [0.1, 0.15) is 0 Å². The SMILES string of the molecule is Nc1nc(Nc2ccccc2SSc2ccccc2Nc2nc(N)nc(-c3ccc4ccccc4c3)n2)nc(-c2ccc3ccccc3c2)n1.Nc1nc(Nc2ccccc2SSc2ccccc2Nc2nc(N)nc(-c3cccs3)n2)nc(-c2cccs2)n1.Nc1nc(Nc2ccccc2SSc2ccccc2Nc2nc(N)nc(-c3cscc3Br)n2)nc(C2=CCC=C2Br)n1. The molecule has 650 valence electrons. The van der Waals surface area contributed by atoms with Gasteiger partial charge >= 0.3 is 0 Å². The smallest absolute Gasteiger partial charge is 0.232 e. The van der Waals surface area contributed by atoms with Crippen LogP contribution in [0.1, 0.15) is 12.2 Å². The molecule has 0 bridgehead atoms. The predicted octanol–water partition coefficient (Wildman–Crippen LogP) is 24.2. The fraction of sp³-hybridized carbons (Fsp3) is 0.0110. The lowest BCUT2D eigenvalue weighted by atomic mass is 10.1. The van der Waals surface area contributed by atoms with Crippen molar-refractivity contribution in [3.63, 3.8) is 0 Å². The van der Waals surface area contributed by atoms with Gasteiger partial charge in [-0.2, -0.15) is 101 Å². The van der Waals surface area contributed by atoms with Crippen LogP contribution in [0.25, 0.3) is 82.7 Å². The van der Waals surface area contributed by atoms with Crippen molar-refractivity contribution in [3.8, 4) is 55.6 Å². The normalized spacial score (nSPS) is 11.5. The number of fused-ring (bicyclic) bond motifs is 2. The first-order valence-electron chi connectivity index (χ1n) is 39.7. The van der Waals surface area contributed by atoms with Crippen molar-refractivity contribution >= 4 is 263 Å². The Labute approximate surface area is 806 Å². The number of aromatic nitrogens is 18. The second-order valence-corrected chi connectivity index (χ2v) is 38.9. The van der Waals surface area contributed by atoms with Gasteiger partial charge in [0, 0.05) is 71.4 Å². The fourth-order valence-corrected chi connectivity index (χ4v) is 23.0. The summed E-state index contributed by atoms with van der Waals surface area (Å²) in [5.74, 6) is 6.11. The predicted molar refractivity (Wildman–Crippen MR) is 552 cm³/mol. The van der Waals surface area contributed by atoms with Gasteiger partial charge in [0.15, 0.2) is 34.9 Å². The van der Waals surface area contributed by atoms with Crippen LogP contribution in [0.3, 0.4) is 0 Å². The van der Waals surface area contributed by atoms with Crippen LogP contribution in [0.4, 0.5) is 106 Å². The van der Waals surface area contributed by atoms with Gasteiger partial charge in [-0.05, 0) is 152 Å². The summed E-state index contributed by atoms with van der Waals surface area (Å²) in [6.07, 6.45) is 4.91. The summed E-state index contributed by atoms with van der Waals surface area (Å²) in [7, 11) is 9.53. The number of hydrogen-bond donors (Lipinski definition) is 12. The van der Waals surface area contributed by atoms with E-state index in [1.54, 1.807) is 98.8 Å². The number of nitrogens with two attached hydrogens (primary N) is 6. The first-order chi connectivity index (χ1) is 64.6. The number of hydrogen-bond acceptors (Lipinski definition) is 39. The van der Waals surface area contributed by atoms with Crippen LogP contribution < -0.4 is 66.3 Å². The van der Waals surface area contributed by atoms with Crippen LogP contribution in [-0.4, -0.2) is 89.7 Å². The highest BCUT2D eigenvalue weighted by Gasteiger charge is 2.22. The van der Waals surface area contributed by atoms with Crippen LogP contribution >= 0.6 is 131 Å². The minimum atomic E-state index is 0.132. The Hall–Kier alpha value is -14.0. The van der Waals surface area contributed by atoms with Gasteiger partial charge in [-0.15, -0.1) is 22.7 Å². The molecule has 0 radical (unpaired) electrons. The van der Waals surface area contributed by atoms with Gasteiger partial charge < -0.3 is 66.3 Å². The summed E-state index contributed by atoms with van der Waals surface area (Å²) in [4.78, 5) is 87.4. The van der Waals surface area contributed by atoms with Crippen molar-refractivity contribution in [1.29, 1.82) is 0 Å². The molecule has 0 atom stereocenters. The molecule has 1 aliphatic rings. The minimum absolute atomic E-state index is 0.132. The third-order valence-electron chi connectivity index (χ3n) is 18.9. The van der Waals surface area contributed by atoms with Crippen LogP contribution in [-0.2, 0) is 0 Å². The van der Waals surface area contributed by atoms with E-state index in [1.165, 1.54) is 0 Å². The second-order valence-electron chi connectivity index (χ2n) is 27.9. The summed E-state index contributed by atoms with van der Waals surface area (Å²) in [6.45, 7) is 0. The molecule has 18 N–H and O–H groups in total. The highest BCUT2D eigenvalue weighted by molar-refractivity contribution is 9.12. The minimum Gasteiger partial charge on any atom is -0.368 e. The molecule has 9 heterocycles. The Morgan fingerprint density at radius 1 is 0.265 bits per heavy atom. The second kappa shape index (κ2) is 41.8. The maximum atomic E-state index is 6.15. The number of anilines is 18. The number of para-hydroxylation sites is 6. The van der Waals surface area contributed by atoms with E-state index in [0.29, 0.717) is 70.6 Å². The number of benzene rings is 10. The van der Waals surface area contributed by atoms with Crippen molar-refractivity contribution in [1.82, 2.24) is 89.7 Å². The van der Waals surface area contributed by atoms with E-state index in [4.69, 9.17) is 44.4 Å². The Kier molecular flexibility index (Phi) is 28.1. The number of nitrogens with zero attached hydrogens (tertiary/aromatic N) is 18. The van der Waals surface area contributed by atoms with Crippen molar-refractivity contribution in [2.45, 2.75) is 35.8 Å². The zero-order chi connectivity index (χ0) is 90.2. The summed E-state index contributed by atoms with van der Waals surface area (Å²) in [5.41, 5.74) is 44.8. The Morgan fingerprint density at radius 3 is 0.864 bits per heavy atom. The summed E-state index contributed by atoms with van der Waals surface area (Å²) < 4.78 is 1.84. The molecular weight excluding hydrogens is 1960 g/mol. The van der Waals surface area contributed by atoms with E-state index in [-0.39, 0.29) is 35.7 Å². The van der Waals surface area contributed by atoms with Gasteiger partial charge in [-0.3, -0.25) is 0 Å². The van der Waals surface area contributed by atoms with E-state index in [2.05, 4.69) is 186 Å². The quantitative estimate of drug-likeness (QED) is 0.0213. The van der Waals surface area contributed by atoms with E-state index in [1.807, 2.05) is 246 Å². The molecule has 132 heavy (non-hydrogen) atoms. The van der Waals surface area contributed by atoms with Crippen molar-refractivity contribution in [2.75, 3.05) is 66.3 Å². The lowest BCUT2D eigenvalue weighted by molar-refractivity contribution is 1.04. The lowest BCUT2D eigenvalue weighted by Gasteiger charge is -2.13. The lowest BCUT2D eigenvalue weighted by Crippen LogP contribution is -2.07. The maximum absolute atomic E-state index is 6.15. The largest absolute Gasteiger partial charge is 0.368 e. The highest BCUT2D eigenvalue weighted by Crippen LogP contribution is 2.49. The number of allylic oxidation sites excluding steroid dienone is 4. The van der Waals surface area contributed by atoms with E-state index < -0.39 is 0 Å². The van der Waals surface area contributed by atoms with E-state index >= 15 is 0 Å². The average Bonchev–Trinajstić information content (AvgIpc) is 1.83. The van der Waals surface area contributed by atoms with Gasteiger partial charge in [-0.1, -0.05) is 251 Å². The zero-order valence-corrected chi connectivity index (χ0v) is 78.9. The number of rotatable bonds is 27. The fourth-order valence-electron chi connectivity index (χ4n) is 12.9. The van der Waals surface area contributed by atoms with Gasteiger partial charge in [0.05, 0.1) is 43.9 Å². The maximum Gasteiger partial charge on any atom is 0.232 e. The van der Waals surface area contributed by atoms with Gasteiger partial charge in [0.2, 0.25) is 71.4 Å². The molecule has 1 aliphatic carbocycles. The molecule has 20 rings (SSSR count). The molecule has 0 aliphatic heterocycles. The molecule has 30 nitrogen and oxygen atoms in total. The topological polar surface area (TPSA) is 460 Å². The van der Waals surface area contributed by atoms with Crippen LogP contribution in [0, 0.1) is 0 Å². The molecule has 10 aromatic carbocycles. The third kappa shape index (κ3) is 22.5. The Balaban J connectivity index is 0.000000134. The average molecular weight is 2030 g/mol. The zero-order valence-electron chi connectivity index (χ0n) is 68.4. The number of halogens is 2. The number of nitrogens with one attached hydrogen (secondary N) is 6. The summed E-state index contributed by atoms with van der Waals surface area (Å²) in [5, 5.41) is 32.3. The Bertz CT molecular complexity index is 7170. The van der Waals surface area contributed by atoms with E-state index in [0.717, 1.165) is 132 Å². The Morgan fingerprint density at radius 2 is 0.553 bits per heavy atom. The van der Waals surface area contributed by atoms with Crippen LogP contribution in [0.5, 0.6) is 0 Å². The summed E-state index contributed by atoms with van der Waals surface area (Å²) >= 11 is 11.7. The molecule has 0 amide bonds. The molecule has 19 aromatic rings. The third-order valence-corrected chi connectivity index (χ3v) is 30.5. The van der Waals surface area contributed by atoms with Crippen molar-refractivity contribution < 1.29 is 0 Å². The van der Waals surface area contributed by atoms with E-state index in [9.17, 15) is 0 Å². The molecule has 9 aromatic heterocycles. The molecular formula is C91H68Br2N30S9. The molecule has 41 heteroatoms. The van der Waals surface area contributed by atoms with Crippen molar-refractivity contribution in [3.05, 3.63) is 303 Å². The van der Waals surface area contributed by atoms with Gasteiger partial charge in [0.25, 0.3) is 0 Å². The highest BCUT2D eigenvalue weighted by atomic mass is 79.9. The first kappa shape index (κ1) is 88.7. The van der Waals surface area contributed by atoms with Crippen molar-refractivity contribution in [2.24, 2.45) is 0 Å². The molecule has 0 saturated carbocycles. The molecule has 0 unspecified atom stereocenters. The molecule has 0 fully saturated rings. The van der Waals surface area contributed by atoms with Crippen LogP contribution in [0.2, 0.25) is 0 Å². The summed E-state index contributed by atoms with van der Waals surface area (Å²) in [6, 6.07) is 83.9. The van der Waals surface area contributed by atoms with Crippen LogP contribution in [0.15, 0.2) is 327 Å². The molecule has 0 saturated heterocycles. The standard InChI is InChI=1S/C38H28N10S2.C27H20Br2N10S3.C26H20N10S4/c39-35-43-33(27-19-17-23-9-1-3-11-25(23)21-27)45-37(47-35)41-29-13-5-7-15-31(29)49-50-32-16-8-6-14-30(32)42-38-46-34(44-36(40)48-38)28-20-18-24-10-2-4-12-26(24)22-28;28-16-7-5-6-14(16)22-34-24(30)38-26(36-22)32-18-8-1-3-10-20(18)41-42-21-11-4-2-9-19(21)33-27-37-23(35-25(31)39-27)15-12-40-13-17(15)29;27-23-31-21(19-11-5-13-37-19)33-25(35-23)29-15-7-1-3-9-17(15)39-40-18-10-4-2-8-16(18)30-26-34-22(32-24(28)36-26)20-12-6-14-38-20/h1-22H,(H3,39,41,43,45,47)(H3,40,42,44,46,48);1-4,6-13H,5H2,(H3,30,32,34,36,38)(H3,31,33,35,37,39);1-14H,(H3,27,29,31,33,35)(H3,28,30,32,34,36). The first-order valence-corrected chi connectivity index (χ1v) is 50.5. The number of thiophene rings is 3. The number of nitrogen functional groups attached to an aromatic ring is 6. The molecule has 0 spiro atoms.